The van der Waals surface area contributed by atoms with Gasteiger partial charge in [-0.1, -0.05) is 12.1 Å². The Morgan fingerprint density at radius 2 is 2.39 bits per heavy atom. The molecule has 5 nitrogen and oxygen atoms in total. The van der Waals surface area contributed by atoms with Crippen LogP contribution >= 0.6 is 0 Å². The molecule has 0 fully saturated rings. The van der Waals surface area contributed by atoms with E-state index >= 15 is 0 Å². The number of aliphatic hydroxyl groups is 1. The Hall–Kier alpha value is -1.85. The van der Waals surface area contributed by atoms with E-state index in [1.807, 2.05) is 0 Å². The molecule has 0 saturated heterocycles. The molecule has 3 N–H and O–H groups in total. The van der Waals surface area contributed by atoms with E-state index in [0.717, 1.165) is 0 Å². The van der Waals surface area contributed by atoms with Gasteiger partial charge in [0.15, 0.2) is 6.61 Å². The number of carbonyl (C=O) groups excluding carboxylic acids is 1. The van der Waals surface area contributed by atoms with Gasteiger partial charge < -0.3 is 20.5 Å². The lowest BCUT2D eigenvalue weighted by molar-refractivity contribution is -0.121. The number of carbonyl (C=O) groups is 1. The Labute approximate surface area is 105 Å². The van der Waals surface area contributed by atoms with E-state index in [1.54, 1.807) is 29.2 Å². The molecule has 1 aromatic carbocycles. The lowest BCUT2D eigenvalue weighted by atomic mass is 10.1. The summed E-state index contributed by atoms with van der Waals surface area (Å²) in [4.78, 5) is 13.3. The SMILES string of the molecule is C=CCN1C(=O)COc2ccc(C(O)CN)cc21. The number of anilines is 1. The summed E-state index contributed by atoms with van der Waals surface area (Å²) in [6, 6.07) is 5.22. The first-order valence-corrected chi connectivity index (χ1v) is 5.73. The average molecular weight is 248 g/mol. The maximum Gasteiger partial charge on any atom is 0.265 e. The predicted molar refractivity (Wildman–Crippen MR) is 68.5 cm³/mol. The topological polar surface area (TPSA) is 75.8 Å². The molecule has 1 unspecified atom stereocenters. The largest absolute Gasteiger partial charge is 0.482 e. The highest BCUT2D eigenvalue weighted by molar-refractivity contribution is 5.98. The van der Waals surface area contributed by atoms with E-state index < -0.39 is 6.10 Å². The van der Waals surface area contributed by atoms with Gasteiger partial charge in [-0.05, 0) is 17.7 Å². The van der Waals surface area contributed by atoms with E-state index in [1.165, 1.54) is 0 Å². The first-order chi connectivity index (χ1) is 8.67. The molecule has 0 aliphatic carbocycles. The summed E-state index contributed by atoms with van der Waals surface area (Å²) in [7, 11) is 0. The number of ether oxygens (including phenoxy) is 1. The quantitative estimate of drug-likeness (QED) is 0.765. The molecular formula is C13H16N2O3. The Morgan fingerprint density at radius 3 is 3.06 bits per heavy atom. The van der Waals surface area contributed by atoms with Crippen molar-refractivity contribution in [2.24, 2.45) is 5.73 Å². The van der Waals surface area contributed by atoms with Crippen LogP contribution in [-0.4, -0.2) is 30.7 Å². The molecule has 0 saturated carbocycles. The van der Waals surface area contributed by atoms with Gasteiger partial charge in [0.25, 0.3) is 5.91 Å². The monoisotopic (exact) mass is 248 g/mol. The van der Waals surface area contributed by atoms with Gasteiger partial charge in [0, 0.05) is 13.1 Å². The van der Waals surface area contributed by atoms with Crippen LogP contribution < -0.4 is 15.4 Å². The minimum absolute atomic E-state index is 0.0274. The minimum Gasteiger partial charge on any atom is -0.482 e. The van der Waals surface area contributed by atoms with Crippen molar-refractivity contribution in [2.75, 3.05) is 24.6 Å². The molecule has 5 heteroatoms. The van der Waals surface area contributed by atoms with Gasteiger partial charge in [-0.2, -0.15) is 0 Å². The summed E-state index contributed by atoms with van der Waals surface area (Å²) < 4.78 is 5.34. The number of fused-ring (bicyclic) bond motifs is 1. The molecule has 1 aliphatic heterocycles. The molecule has 18 heavy (non-hydrogen) atoms. The standard InChI is InChI=1S/C13H16N2O3/c1-2-5-15-10-6-9(11(16)7-14)3-4-12(10)18-8-13(15)17/h2-4,6,11,16H,1,5,7-8,14H2. The fourth-order valence-corrected chi connectivity index (χ4v) is 1.89. The van der Waals surface area contributed by atoms with Crippen LogP contribution in [0.15, 0.2) is 30.9 Å². The fourth-order valence-electron chi connectivity index (χ4n) is 1.89. The summed E-state index contributed by atoms with van der Waals surface area (Å²) in [6.45, 7) is 4.21. The number of nitrogens with zero attached hydrogens (tertiary/aromatic N) is 1. The summed E-state index contributed by atoms with van der Waals surface area (Å²) >= 11 is 0. The van der Waals surface area contributed by atoms with Crippen LogP contribution in [0.5, 0.6) is 5.75 Å². The third-order valence-electron chi connectivity index (χ3n) is 2.85. The fraction of sp³-hybridized carbons (Fsp3) is 0.308. The van der Waals surface area contributed by atoms with Crippen LogP contribution in [-0.2, 0) is 4.79 Å². The van der Waals surface area contributed by atoms with E-state index in [9.17, 15) is 9.90 Å². The van der Waals surface area contributed by atoms with E-state index in [2.05, 4.69) is 6.58 Å². The van der Waals surface area contributed by atoms with Crippen molar-refractivity contribution in [3.63, 3.8) is 0 Å². The second kappa shape index (κ2) is 5.20. The van der Waals surface area contributed by atoms with Crippen molar-refractivity contribution in [1.82, 2.24) is 0 Å². The number of nitrogens with two attached hydrogens (primary N) is 1. The summed E-state index contributed by atoms with van der Waals surface area (Å²) in [5.41, 5.74) is 6.74. The van der Waals surface area contributed by atoms with Gasteiger partial charge in [0.1, 0.15) is 5.75 Å². The van der Waals surface area contributed by atoms with Crippen molar-refractivity contribution < 1.29 is 14.6 Å². The highest BCUT2D eigenvalue weighted by Crippen LogP contribution is 2.34. The average Bonchev–Trinajstić information content (AvgIpc) is 2.40. The molecule has 0 bridgehead atoms. The van der Waals surface area contributed by atoms with E-state index in [0.29, 0.717) is 23.5 Å². The van der Waals surface area contributed by atoms with E-state index in [4.69, 9.17) is 10.5 Å². The van der Waals surface area contributed by atoms with Gasteiger partial charge >= 0.3 is 0 Å². The number of hydrogen-bond donors (Lipinski definition) is 2. The summed E-state index contributed by atoms with van der Waals surface area (Å²) in [5, 5.41) is 9.72. The van der Waals surface area contributed by atoms with Crippen LogP contribution in [0, 0.1) is 0 Å². The smallest absolute Gasteiger partial charge is 0.265 e. The molecular weight excluding hydrogens is 232 g/mol. The Kier molecular flexibility index (Phi) is 3.64. The lowest BCUT2D eigenvalue weighted by Gasteiger charge is -2.29. The third-order valence-corrected chi connectivity index (χ3v) is 2.85. The highest BCUT2D eigenvalue weighted by Gasteiger charge is 2.25. The molecule has 1 aromatic rings. The zero-order valence-corrected chi connectivity index (χ0v) is 10.0. The summed E-state index contributed by atoms with van der Waals surface area (Å²) in [5.74, 6) is 0.506. The first-order valence-electron chi connectivity index (χ1n) is 5.73. The molecule has 1 aliphatic rings. The van der Waals surface area contributed by atoms with Crippen molar-refractivity contribution >= 4 is 11.6 Å². The molecule has 1 atom stereocenters. The van der Waals surface area contributed by atoms with Crippen molar-refractivity contribution in [3.05, 3.63) is 36.4 Å². The number of benzene rings is 1. The van der Waals surface area contributed by atoms with Crippen LogP contribution in [0.3, 0.4) is 0 Å². The molecule has 1 amide bonds. The third kappa shape index (κ3) is 2.23. The van der Waals surface area contributed by atoms with Crippen molar-refractivity contribution in [3.8, 4) is 5.75 Å². The van der Waals surface area contributed by atoms with Gasteiger partial charge in [-0.3, -0.25) is 4.79 Å². The molecule has 0 spiro atoms. The van der Waals surface area contributed by atoms with Gasteiger partial charge in [-0.15, -0.1) is 6.58 Å². The molecule has 1 heterocycles. The van der Waals surface area contributed by atoms with Crippen LogP contribution in [0.25, 0.3) is 0 Å². The Morgan fingerprint density at radius 1 is 1.61 bits per heavy atom. The number of aliphatic hydroxyl groups excluding tert-OH is 1. The normalized spacial score (nSPS) is 15.9. The zero-order valence-electron chi connectivity index (χ0n) is 10.0. The van der Waals surface area contributed by atoms with E-state index in [-0.39, 0.29) is 19.1 Å². The number of rotatable bonds is 4. The highest BCUT2D eigenvalue weighted by atomic mass is 16.5. The van der Waals surface area contributed by atoms with Gasteiger partial charge in [-0.25, -0.2) is 0 Å². The molecule has 2 rings (SSSR count). The second-order valence-electron chi connectivity index (χ2n) is 4.06. The zero-order chi connectivity index (χ0) is 13.1. The Bertz CT molecular complexity index is 473. The Balaban J connectivity index is 2.41. The molecule has 96 valence electrons. The first kappa shape index (κ1) is 12.6. The van der Waals surface area contributed by atoms with Crippen LogP contribution in [0.1, 0.15) is 11.7 Å². The van der Waals surface area contributed by atoms with Gasteiger partial charge in [0.05, 0.1) is 11.8 Å². The minimum atomic E-state index is -0.738. The predicted octanol–water partition coefficient (Wildman–Crippen LogP) is 0.590. The number of hydrogen-bond acceptors (Lipinski definition) is 4. The second-order valence-corrected chi connectivity index (χ2v) is 4.06. The maximum absolute atomic E-state index is 11.8. The number of amides is 1. The van der Waals surface area contributed by atoms with Gasteiger partial charge in [0.2, 0.25) is 0 Å². The molecule has 0 radical (unpaired) electrons. The van der Waals surface area contributed by atoms with Crippen LogP contribution in [0.4, 0.5) is 5.69 Å². The lowest BCUT2D eigenvalue weighted by Crippen LogP contribution is -2.38. The molecule has 0 aromatic heterocycles. The van der Waals surface area contributed by atoms with Crippen LogP contribution in [0.2, 0.25) is 0 Å². The van der Waals surface area contributed by atoms with Crippen molar-refractivity contribution in [2.45, 2.75) is 6.10 Å². The summed E-state index contributed by atoms with van der Waals surface area (Å²) in [6.07, 6.45) is 0.914. The maximum atomic E-state index is 11.8. The van der Waals surface area contributed by atoms with Crippen molar-refractivity contribution in [1.29, 1.82) is 0 Å².